The molecule has 0 amide bonds. The summed E-state index contributed by atoms with van der Waals surface area (Å²) in [5, 5.41) is 11.4. The molecule has 2 N–H and O–H groups in total. The molecule has 72 valence electrons. The van der Waals surface area contributed by atoms with E-state index in [1.165, 1.54) is 18.3 Å². The van der Waals surface area contributed by atoms with Crippen molar-refractivity contribution in [2.45, 2.75) is 6.92 Å². The Morgan fingerprint density at radius 3 is 2.93 bits per heavy atom. The Labute approximate surface area is 82.8 Å². The Kier molecular flexibility index (Phi) is 1.89. The quantitative estimate of drug-likeness (QED) is 0.699. The van der Waals surface area contributed by atoms with Crippen LogP contribution in [0.15, 0.2) is 16.2 Å². The number of hydrogen-bond donors (Lipinski definition) is 2. The number of nitrogens with one attached hydrogen (secondary N) is 1. The molecule has 2 rings (SSSR count). The number of rotatable bonds is 1. The molecule has 0 unspecified atom stereocenters. The molecule has 5 heteroatoms. The molecule has 14 heavy (non-hydrogen) atoms. The van der Waals surface area contributed by atoms with E-state index in [1.54, 1.807) is 11.4 Å². The summed E-state index contributed by atoms with van der Waals surface area (Å²) in [5.74, 6) is -0.648. The van der Waals surface area contributed by atoms with E-state index in [4.69, 9.17) is 0 Å². The number of aromatic amines is 1. The molecule has 0 spiro atoms. The lowest BCUT2D eigenvalue weighted by Gasteiger charge is -1.99. The SMILES string of the molecule is CC(=O)c1c(O)c2sccc2[nH]c1=O. The van der Waals surface area contributed by atoms with E-state index in [0.717, 1.165) is 0 Å². The van der Waals surface area contributed by atoms with Crippen LogP contribution in [0.3, 0.4) is 0 Å². The molecule has 0 aromatic carbocycles. The zero-order valence-corrected chi connectivity index (χ0v) is 8.14. The van der Waals surface area contributed by atoms with Crippen molar-refractivity contribution in [3.05, 3.63) is 27.4 Å². The highest BCUT2D eigenvalue weighted by atomic mass is 32.1. The van der Waals surface area contributed by atoms with E-state index in [1.807, 2.05) is 0 Å². The minimum Gasteiger partial charge on any atom is -0.505 e. The third-order valence-electron chi connectivity index (χ3n) is 1.94. The molecule has 0 saturated heterocycles. The first-order valence-corrected chi connectivity index (χ1v) is 4.82. The number of carbonyl (C=O) groups excluding carboxylic acids is 1. The second-order valence-corrected chi connectivity index (χ2v) is 3.81. The molecule has 0 aliphatic rings. The minimum atomic E-state index is -0.541. The predicted octanol–water partition coefficient (Wildman–Crippen LogP) is 1.50. The maximum Gasteiger partial charge on any atom is 0.263 e. The first-order valence-electron chi connectivity index (χ1n) is 3.94. The van der Waals surface area contributed by atoms with E-state index in [2.05, 4.69) is 4.98 Å². The van der Waals surface area contributed by atoms with Gasteiger partial charge in [-0.05, 0) is 18.4 Å². The molecule has 0 fully saturated rings. The van der Waals surface area contributed by atoms with E-state index in [-0.39, 0.29) is 11.3 Å². The van der Waals surface area contributed by atoms with E-state index < -0.39 is 11.3 Å². The van der Waals surface area contributed by atoms with Crippen molar-refractivity contribution in [2.24, 2.45) is 0 Å². The molecule has 0 saturated carbocycles. The van der Waals surface area contributed by atoms with Gasteiger partial charge >= 0.3 is 0 Å². The maximum atomic E-state index is 11.4. The fraction of sp³-hybridized carbons (Fsp3) is 0.111. The first kappa shape index (κ1) is 8.96. The van der Waals surface area contributed by atoms with Crippen LogP contribution in [-0.4, -0.2) is 15.9 Å². The number of aromatic hydroxyl groups is 1. The first-order chi connectivity index (χ1) is 6.61. The topological polar surface area (TPSA) is 70.2 Å². The normalized spacial score (nSPS) is 10.6. The van der Waals surface area contributed by atoms with Crippen molar-refractivity contribution >= 4 is 27.3 Å². The van der Waals surface area contributed by atoms with Crippen molar-refractivity contribution in [1.29, 1.82) is 0 Å². The number of pyridine rings is 1. The fourth-order valence-electron chi connectivity index (χ4n) is 1.32. The summed E-state index contributed by atoms with van der Waals surface area (Å²) in [7, 11) is 0. The summed E-state index contributed by atoms with van der Waals surface area (Å²) in [6.45, 7) is 1.25. The highest BCUT2D eigenvalue weighted by Gasteiger charge is 2.15. The molecular formula is C9H7NO3S. The molecule has 0 aliphatic carbocycles. The molecule has 0 atom stereocenters. The Hall–Kier alpha value is -1.62. The standard InChI is InChI=1S/C9H7NO3S/c1-4(11)6-7(12)8-5(2-3-14-8)10-9(6)13/h2-3H,1H3,(H2,10,12,13). The highest BCUT2D eigenvalue weighted by Crippen LogP contribution is 2.29. The van der Waals surface area contributed by atoms with Crippen LogP contribution in [0.1, 0.15) is 17.3 Å². The zero-order valence-electron chi connectivity index (χ0n) is 7.33. The van der Waals surface area contributed by atoms with Crippen LogP contribution in [0.5, 0.6) is 5.75 Å². The van der Waals surface area contributed by atoms with Gasteiger partial charge in [0, 0.05) is 0 Å². The molecule has 2 aromatic rings. The zero-order chi connectivity index (χ0) is 10.3. The van der Waals surface area contributed by atoms with Gasteiger partial charge in [0.1, 0.15) is 5.56 Å². The van der Waals surface area contributed by atoms with Crippen LogP contribution in [0.4, 0.5) is 0 Å². The molecule has 0 bridgehead atoms. The smallest absolute Gasteiger partial charge is 0.263 e. The van der Waals surface area contributed by atoms with E-state index in [9.17, 15) is 14.7 Å². The second-order valence-electron chi connectivity index (χ2n) is 2.90. The average Bonchev–Trinajstić information content (AvgIpc) is 2.50. The van der Waals surface area contributed by atoms with Crippen LogP contribution in [0.25, 0.3) is 10.2 Å². The lowest BCUT2D eigenvalue weighted by molar-refractivity contribution is 0.101. The summed E-state index contributed by atoms with van der Waals surface area (Å²) in [5.41, 5.74) is -0.150. The summed E-state index contributed by atoms with van der Waals surface area (Å²) in [6, 6.07) is 1.69. The van der Waals surface area contributed by atoms with E-state index >= 15 is 0 Å². The molecule has 0 radical (unpaired) electrons. The lowest BCUT2D eigenvalue weighted by atomic mass is 10.2. The number of aromatic nitrogens is 1. The summed E-state index contributed by atoms with van der Waals surface area (Å²) < 4.78 is 0.537. The van der Waals surface area contributed by atoms with Gasteiger partial charge in [0.25, 0.3) is 5.56 Å². The fourth-order valence-corrected chi connectivity index (χ4v) is 2.12. The summed E-state index contributed by atoms with van der Waals surface area (Å²) in [6.07, 6.45) is 0. The number of thiophene rings is 1. The van der Waals surface area contributed by atoms with Crippen molar-refractivity contribution in [1.82, 2.24) is 4.98 Å². The van der Waals surface area contributed by atoms with Gasteiger partial charge in [0.05, 0.1) is 10.2 Å². The van der Waals surface area contributed by atoms with Gasteiger partial charge in [0.2, 0.25) is 0 Å². The predicted molar refractivity (Wildman–Crippen MR) is 54.1 cm³/mol. The van der Waals surface area contributed by atoms with Crippen LogP contribution >= 0.6 is 11.3 Å². The second kappa shape index (κ2) is 2.95. The molecule has 2 aromatic heterocycles. The van der Waals surface area contributed by atoms with Gasteiger partial charge in [0.15, 0.2) is 11.5 Å². The van der Waals surface area contributed by atoms with Gasteiger partial charge < -0.3 is 10.1 Å². The molecule has 4 nitrogen and oxygen atoms in total. The Morgan fingerprint density at radius 2 is 2.29 bits per heavy atom. The monoisotopic (exact) mass is 209 g/mol. The Balaban J connectivity index is 2.96. The van der Waals surface area contributed by atoms with Gasteiger partial charge in [-0.2, -0.15) is 0 Å². The van der Waals surface area contributed by atoms with Crippen LogP contribution in [-0.2, 0) is 0 Å². The van der Waals surface area contributed by atoms with Gasteiger partial charge in [-0.1, -0.05) is 0 Å². The molecule has 0 aliphatic heterocycles. The number of ketones is 1. The lowest BCUT2D eigenvalue weighted by Crippen LogP contribution is -2.15. The van der Waals surface area contributed by atoms with E-state index in [0.29, 0.717) is 10.2 Å². The van der Waals surface area contributed by atoms with Crippen LogP contribution in [0, 0.1) is 0 Å². The summed E-state index contributed by atoms with van der Waals surface area (Å²) in [4.78, 5) is 25.0. The average molecular weight is 209 g/mol. The Bertz CT molecular complexity index is 567. The maximum absolute atomic E-state index is 11.4. The van der Waals surface area contributed by atoms with Gasteiger partial charge in [-0.3, -0.25) is 9.59 Å². The van der Waals surface area contributed by atoms with Gasteiger partial charge in [-0.15, -0.1) is 11.3 Å². The highest BCUT2D eigenvalue weighted by molar-refractivity contribution is 7.17. The third kappa shape index (κ3) is 1.13. The van der Waals surface area contributed by atoms with Crippen molar-refractivity contribution < 1.29 is 9.90 Å². The number of Topliss-reactive ketones (excluding diaryl/α,β-unsaturated/α-hetero) is 1. The summed E-state index contributed by atoms with van der Waals surface area (Å²) >= 11 is 1.28. The number of H-pyrrole nitrogens is 1. The van der Waals surface area contributed by atoms with Crippen molar-refractivity contribution in [2.75, 3.05) is 0 Å². The van der Waals surface area contributed by atoms with Crippen LogP contribution in [0.2, 0.25) is 0 Å². The number of carbonyl (C=O) groups is 1. The minimum absolute atomic E-state index is 0.167. The third-order valence-corrected chi connectivity index (χ3v) is 2.87. The van der Waals surface area contributed by atoms with Crippen molar-refractivity contribution in [3.8, 4) is 5.75 Å². The number of hydrogen-bond acceptors (Lipinski definition) is 4. The molecule has 2 heterocycles. The number of fused-ring (bicyclic) bond motifs is 1. The van der Waals surface area contributed by atoms with Gasteiger partial charge in [-0.25, -0.2) is 0 Å². The van der Waals surface area contributed by atoms with Crippen LogP contribution < -0.4 is 5.56 Å². The Morgan fingerprint density at radius 1 is 1.57 bits per heavy atom. The largest absolute Gasteiger partial charge is 0.505 e. The van der Waals surface area contributed by atoms with Crippen molar-refractivity contribution in [3.63, 3.8) is 0 Å². The molecular weight excluding hydrogens is 202 g/mol.